The van der Waals surface area contributed by atoms with Crippen LogP contribution in [0.1, 0.15) is 0 Å². The Morgan fingerprint density at radius 1 is 1.14 bits per heavy atom. The van der Waals surface area contributed by atoms with Crippen molar-refractivity contribution in [1.29, 1.82) is 0 Å². The highest BCUT2D eigenvalue weighted by Crippen LogP contribution is 2.37. The molecule has 0 saturated carbocycles. The second kappa shape index (κ2) is 5.55. The van der Waals surface area contributed by atoms with E-state index in [4.69, 9.17) is 32.4 Å². The van der Waals surface area contributed by atoms with Crippen LogP contribution in [0.4, 0.5) is 0 Å². The van der Waals surface area contributed by atoms with E-state index in [1.807, 2.05) is 0 Å². The molecule has 0 saturated heterocycles. The van der Waals surface area contributed by atoms with Gasteiger partial charge in [0.2, 0.25) is 0 Å². The Morgan fingerprint density at radius 2 is 1.82 bits per heavy atom. The molecule has 0 fully saturated rings. The maximum absolute atomic E-state index is 12.3. The third-order valence-electron chi connectivity index (χ3n) is 3.26. The fourth-order valence-electron chi connectivity index (χ4n) is 2.13. The van der Waals surface area contributed by atoms with E-state index in [0.717, 1.165) is 0 Å². The number of rotatable bonds is 2. The van der Waals surface area contributed by atoms with Gasteiger partial charge in [-0.3, -0.25) is 4.79 Å². The van der Waals surface area contributed by atoms with Crippen molar-refractivity contribution >= 4 is 34.2 Å². The van der Waals surface area contributed by atoms with Crippen LogP contribution >= 0.6 is 23.2 Å². The average molecular weight is 337 g/mol. The van der Waals surface area contributed by atoms with Gasteiger partial charge in [-0.25, -0.2) is 0 Å². The Kier molecular flexibility index (Phi) is 3.72. The molecule has 1 heterocycles. The molecule has 22 heavy (non-hydrogen) atoms. The molecule has 0 radical (unpaired) electrons. The Labute approximate surface area is 135 Å². The first kappa shape index (κ1) is 14.8. The van der Waals surface area contributed by atoms with Crippen LogP contribution in [0.5, 0.6) is 11.5 Å². The lowest BCUT2D eigenvalue weighted by Crippen LogP contribution is -2.01. The van der Waals surface area contributed by atoms with Crippen molar-refractivity contribution in [2.45, 2.75) is 0 Å². The Hall–Kier alpha value is -2.17. The zero-order chi connectivity index (χ0) is 15.9. The molecule has 3 rings (SSSR count). The van der Waals surface area contributed by atoms with E-state index in [2.05, 4.69) is 0 Å². The molecule has 0 amide bonds. The molecular weight excluding hydrogens is 327 g/mol. The van der Waals surface area contributed by atoms with Gasteiger partial charge in [0.1, 0.15) is 17.1 Å². The number of ether oxygens (including phenoxy) is 1. The smallest absolute Gasteiger partial charge is 0.194 e. The zero-order valence-electron chi connectivity index (χ0n) is 11.4. The van der Waals surface area contributed by atoms with Crippen LogP contribution in [0.3, 0.4) is 0 Å². The molecule has 1 N–H and O–H groups in total. The van der Waals surface area contributed by atoms with Gasteiger partial charge in [-0.1, -0.05) is 23.2 Å². The molecule has 0 atom stereocenters. The van der Waals surface area contributed by atoms with Gasteiger partial charge in [0.05, 0.1) is 22.5 Å². The molecule has 0 aliphatic rings. The summed E-state index contributed by atoms with van der Waals surface area (Å²) in [6.45, 7) is 0. The lowest BCUT2D eigenvalue weighted by atomic mass is 10.1. The van der Waals surface area contributed by atoms with Crippen LogP contribution in [0.25, 0.3) is 22.3 Å². The number of fused-ring (bicyclic) bond motifs is 1. The molecule has 3 aromatic rings. The maximum Gasteiger partial charge on any atom is 0.194 e. The topological polar surface area (TPSA) is 59.7 Å². The van der Waals surface area contributed by atoms with Crippen molar-refractivity contribution in [1.82, 2.24) is 0 Å². The van der Waals surface area contributed by atoms with Crippen LogP contribution in [0.15, 0.2) is 45.6 Å². The largest absolute Gasteiger partial charge is 0.505 e. The summed E-state index contributed by atoms with van der Waals surface area (Å²) in [6.07, 6.45) is 0. The first-order chi connectivity index (χ1) is 10.5. The van der Waals surface area contributed by atoms with Crippen LogP contribution in [0.2, 0.25) is 10.0 Å². The molecular formula is C16H10Cl2O4. The normalized spacial score (nSPS) is 10.9. The Balaban J connectivity index is 2.24. The summed E-state index contributed by atoms with van der Waals surface area (Å²) in [6, 6.07) is 9.75. The molecule has 0 aliphatic carbocycles. The van der Waals surface area contributed by atoms with Crippen molar-refractivity contribution in [2.75, 3.05) is 7.11 Å². The molecule has 4 nitrogen and oxygen atoms in total. The fourth-order valence-corrected chi connectivity index (χ4v) is 2.66. The molecule has 2 aromatic carbocycles. The SMILES string of the molecule is COc1ccc(-c2cc(=O)c3c(Cl)c(O)c(Cl)cc3o2)cc1. The molecule has 0 spiro atoms. The average Bonchev–Trinajstić information content (AvgIpc) is 2.52. The second-order valence-electron chi connectivity index (χ2n) is 4.60. The van der Waals surface area contributed by atoms with Crippen molar-refractivity contribution in [3.63, 3.8) is 0 Å². The summed E-state index contributed by atoms with van der Waals surface area (Å²) < 4.78 is 10.8. The summed E-state index contributed by atoms with van der Waals surface area (Å²) in [7, 11) is 1.57. The van der Waals surface area contributed by atoms with Crippen LogP contribution in [-0.2, 0) is 0 Å². The minimum Gasteiger partial charge on any atom is -0.505 e. The van der Waals surface area contributed by atoms with Gasteiger partial charge in [0, 0.05) is 17.7 Å². The van der Waals surface area contributed by atoms with Gasteiger partial charge in [0.15, 0.2) is 11.2 Å². The van der Waals surface area contributed by atoms with Crippen LogP contribution in [0, 0.1) is 0 Å². The number of hydrogen-bond donors (Lipinski definition) is 1. The van der Waals surface area contributed by atoms with Gasteiger partial charge in [-0.05, 0) is 24.3 Å². The fraction of sp³-hybridized carbons (Fsp3) is 0.0625. The molecule has 1 aromatic heterocycles. The highest BCUT2D eigenvalue weighted by atomic mass is 35.5. The van der Waals surface area contributed by atoms with Crippen molar-refractivity contribution < 1.29 is 14.3 Å². The lowest BCUT2D eigenvalue weighted by molar-refractivity contribution is 0.415. The number of benzene rings is 2. The molecule has 112 valence electrons. The van der Waals surface area contributed by atoms with E-state index in [-0.39, 0.29) is 32.2 Å². The van der Waals surface area contributed by atoms with E-state index in [9.17, 15) is 9.90 Å². The highest BCUT2D eigenvalue weighted by Gasteiger charge is 2.16. The number of methoxy groups -OCH3 is 1. The zero-order valence-corrected chi connectivity index (χ0v) is 12.9. The molecule has 6 heteroatoms. The van der Waals surface area contributed by atoms with Gasteiger partial charge in [-0.2, -0.15) is 0 Å². The predicted molar refractivity (Wildman–Crippen MR) is 86.2 cm³/mol. The summed E-state index contributed by atoms with van der Waals surface area (Å²) in [5, 5.41) is 9.72. The van der Waals surface area contributed by atoms with Crippen molar-refractivity contribution in [2.24, 2.45) is 0 Å². The predicted octanol–water partition coefficient (Wildman–Crippen LogP) is 4.48. The third-order valence-corrected chi connectivity index (χ3v) is 3.92. The number of aromatic hydroxyl groups is 1. The van der Waals surface area contributed by atoms with Crippen molar-refractivity contribution in [3.05, 3.63) is 56.7 Å². The number of phenolic OH excluding ortho intramolecular Hbond substituents is 1. The highest BCUT2D eigenvalue weighted by molar-refractivity contribution is 6.40. The lowest BCUT2D eigenvalue weighted by Gasteiger charge is -2.07. The van der Waals surface area contributed by atoms with Crippen molar-refractivity contribution in [3.8, 4) is 22.8 Å². The minimum absolute atomic E-state index is 0.0209. The van der Waals surface area contributed by atoms with Gasteiger partial charge in [-0.15, -0.1) is 0 Å². The minimum atomic E-state index is -0.357. The van der Waals surface area contributed by atoms with E-state index < -0.39 is 0 Å². The number of hydrogen-bond acceptors (Lipinski definition) is 4. The molecule has 0 bridgehead atoms. The first-order valence-corrected chi connectivity index (χ1v) is 7.06. The van der Waals surface area contributed by atoms with Gasteiger partial charge >= 0.3 is 0 Å². The van der Waals surface area contributed by atoms with Gasteiger partial charge < -0.3 is 14.3 Å². The molecule has 0 aliphatic heterocycles. The second-order valence-corrected chi connectivity index (χ2v) is 5.38. The van der Waals surface area contributed by atoms with E-state index in [0.29, 0.717) is 17.1 Å². The van der Waals surface area contributed by atoms with E-state index in [1.165, 1.54) is 12.1 Å². The summed E-state index contributed by atoms with van der Waals surface area (Å²) in [5.74, 6) is 0.737. The van der Waals surface area contributed by atoms with Crippen LogP contribution in [-0.4, -0.2) is 12.2 Å². The van der Waals surface area contributed by atoms with E-state index in [1.54, 1.807) is 31.4 Å². The first-order valence-electron chi connectivity index (χ1n) is 6.30. The summed E-state index contributed by atoms with van der Waals surface area (Å²) >= 11 is 11.8. The standard InChI is InChI=1S/C16H10Cl2O4/c1-21-9-4-2-8(3-5-9)12-7-11(19)14-13(22-12)6-10(17)16(20)15(14)18/h2-7,20H,1H3. The maximum atomic E-state index is 12.3. The number of halogens is 2. The summed E-state index contributed by atoms with van der Waals surface area (Å²) in [4.78, 5) is 12.3. The Morgan fingerprint density at radius 3 is 2.45 bits per heavy atom. The van der Waals surface area contributed by atoms with E-state index >= 15 is 0 Å². The Bertz CT molecular complexity index is 914. The van der Waals surface area contributed by atoms with Gasteiger partial charge in [0.25, 0.3) is 0 Å². The third kappa shape index (κ3) is 2.40. The number of phenols is 1. The quantitative estimate of drug-likeness (QED) is 0.749. The summed E-state index contributed by atoms with van der Waals surface area (Å²) in [5.41, 5.74) is 0.565. The van der Waals surface area contributed by atoms with Crippen LogP contribution < -0.4 is 10.2 Å². The molecule has 0 unspecified atom stereocenters. The monoisotopic (exact) mass is 336 g/mol.